The summed E-state index contributed by atoms with van der Waals surface area (Å²) in [5.41, 5.74) is 12.4. The van der Waals surface area contributed by atoms with Gasteiger partial charge in [-0.1, -0.05) is 70.5 Å². The molecule has 41 heavy (non-hydrogen) atoms. The van der Waals surface area contributed by atoms with Gasteiger partial charge in [0.05, 0.1) is 28.8 Å². The number of carbonyl (C=O) groups excluding carboxylic acids is 1. The summed E-state index contributed by atoms with van der Waals surface area (Å²) in [4.78, 5) is 20.5. The quantitative estimate of drug-likeness (QED) is 0.230. The van der Waals surface area contributed by atoms with Crippen molar-refractivity contribution < 1.29 is 9.18 Å². The molecular weight excluding hydrogens is 603 g/mol. The molecule has 3 aliphatic rings. The third-order valence-electron chi connectivity index (χ3n) is 6.87. The summed E-state index contributed by atoms with van der Waals surface area (Å²) in [5, 5.41) is 10.0. The SMILES string of the molecule is O=C1/C(=N\Nc2ccc(Br)cc2)SC2=NC3=C(/C(=N/Nc4ccccc4)c4ccccc43)C(c3ccc(F)cc3)N12. The zero-order chi connectivity index (χ0) is 27.9. The summed E-state index contributed by atoms with van der Waals surface area (Å²) in [5.74, 6) is -0.657. The number of nitrogens with zero attached hydrogens (tertiary/aromatic N) is 4. The van der Waals surface area contributed by atoms with Crippen LogP contribution in [0.1, 0.15) is 22.7 Å². The molecule has 4 aromatic carbocycles. The number of fused-ring (bicyclic) bond motifs is 3. The van der Waals surface area contributed by atoms with Crippen molar-refractivity contribution in [1.29, 1.82) is 0 Å². The van der Waals surface area contributed by atoms with Gasteiger partial charge in [-0.2, -0.15) is 10.2 Å². The summed E-state index contributed by atoms with van der Waals surface area (Å²) in [7, 11) is 0. The molecule has 4 aromatic rings. The average Bonchev–Trinajstić information content (AvgIpc) is 3.49. The second-order valence-electron chi connectivity index (χ2n) is 9.41. The number of halogens is 2. The molecule has 1 fully saturated rings. The monoisotopic (exact) mass is 622 g/mol. The van der Waals surface area contributed by atoms with Gasteiger partial charge >= 0.3 is 0 Å². The molecule has 2 heterocycles. The number of hydrogen-bond acceptors (Lipinski definition) is 7. The molecule has 10 heteroatoms. The molecule has 2 aliphatic heterocycles. The number of nitrogens with one attached hydrogen (secondary N) is 2. The number of para-hydroxylation sites is 1. The van der Waals surface area contributed by atoms with Crippen LogP contribution in [0.3, 0.4) is 0 Å². The molecule has 0 bridgehead atoms. The molecule has 2 N–H and O–H groups in total. The Morgan fingerprint density at radius 3 is 2.22 bits per heavy atom. The Hall–Kier alpha value is -4.54. The maximum absolute atomic E-state index is 14.0. The third kappa shape index (κ3) is 4.64. The number of amidine groups is 1. The molecule has 1 unspecified atom stereocenters. The van der Waals surface area contributed by atoms with Gasteiger partial charge in [-0.05, 0) is 65.9 Å². The smallest absolute Gasteiger partial charge is 0.278 e. The van der Waals surface area contributed by atoms with E-state index in [1.165, 1.54) is 23.9 Å². The van der Waals surface area contributed by atoms with E-state index in [1.807, 2.05) is 78.9 Å². The summed E-state index contributed by atoms with van der Waals surface area (Å²) in [6.07, 6.45) is 0. The van der Waals surface area contributed by atoms with Crippen LogP contribution < -0.4 is 10.9 Å². The minimum atomic E-state index is -0.595. The molecule has 1 amide bonds. The average molecular weight is 624 g/mol. The predicted molar refractivity (Wildman–Crippen MR) is 166 cm³/mol. The van der Waals surface area contributed by atoms with Gasteiger partial charge in [0, 0.05) is 21.2 Å². The molecule has 1 atom stereocenters. The highest BCUT2D eigenvalue weighted by Gasteiger charge is 2.48. The van der Waals surface area contributed by atoms with E-state index in [4.69, 9.17) is 10.1 Å². The molecule has 0 saturated carbocycles. The lowest BCUT2D eigenvalue weighted by Gasteiger charge is -2.32. The highest BCUT2D eigenvalue weighted by atomic mass is 79.9. The van der Waals surface area contributed by atoms with Crippen LogP contribution in [0.2, 0.25) is 0 Å². The summed E-state index contributed by atoms with van der Waals surface area (Å²) >= 11 is 4.63. The van der Waals surface area contributed by atoms with Crippen molar-refractivity contribution in [3.8, 4) is 0 Å². The second kappa shape index (κ2) is 10.5. The Labute approximate surface area is 247 Å². The maximum atomic E-state index is 14.0. The molecule has 200 valence electrons. The molecule has 0 aromatic heterocycles. The van der Waals surface area contributed by atoms with Crippen LogP contribution in [0, 0.1) is 5.82 Å². The Bertz CT molecular complexity index is 1800. The van der Waals surface area contributed by atoms with Crippen LogP contribution in [0.25, 0.3) is 5.70 Å². The van der Waals surface area contributed by atoms with Crippen molar-refractivity contribution in [2.75, 3.05) is 10.9 Å². The van der Waals surface area contributed by atoms with E-state index in [9.17, 15) is 9.18 Å². The Kier molecular flexibility index (Phi) is 6.49. The zero-order valence-corrected chi connectivity index (χ0v) is 23.7. The van der Waals surface area contributed by atoms with Crippen molar-refractivity contribution in [1.82, 2.24) is 4.90 Å². The van der Waals surface area contributed by atoms with E-state index in [0.717, 1.165) is 43.8 Å². The first kappa shape index (κ1) is 25.4. The van der Waals surface area contributed by atoms with Crippen LogP contribution >= 0.6 is 27.7 Å². The van der Waals surface area contributed by atoms with Gasteiger partial charge in [0.2, 0.25) is 0 Å². The van der Waals surface area contributed by atoms with Crippen molar-refractivity contribution in [2.45, 2.75) is 6.04 Å². The highest BCUT2D eigenvalue weighted by molar-refractivity contribution is 9.10. The Morgan fingerprint density at radius 2 is 1.46 bits per heavy atom. The van der Waals surface area contributed by atoms with Crippen LogP contribution in [-0.2, 0) is 4.79 Å². The van der Waals surface area contributed by atoms with E-state index in [1.54, 1.807) is 17.0 Å². The lowest BCUT2D eigenvalue weighted by Crippen LogP contribution is -2.39. The second-order valence-corrected chi connectivity index (χ2v) is 11.3. The van der Waals surface area contributed by atoms with Gasteiger partial charge < -0.3 is 0 Å². The number of anilines is 2. The highest BCUT2D eigenvalue weighted by Crippen LogP contribution is 2.49. The van der Waals surface area contributed by atoms with E-state index in [0.29, 0.717) is 10.9 Å². The predicted octanol–water partition coefficient (Wildman–Crippen LogP) is 7.24. The van der Waals surface area contributed by atoms with E-state index < -0.39 is 6.04 Å². The summed E-state index contributed by atoms with van der Waals surface area (Å²) < 4.78 is 15.0. The minimum Gasteiger partial charge on any atom is -0.278 e. The van der Waals surface area contributed by atoms with Crippen molar-refractivity contribution in [3.63, 3.8) is 0 Å². The number of carbonyl (C=O) groups is 1. The Balaban J connectivity index is 1.34. The van der Waals surface area contributed by atoms with E-state index in [-0.39, 0.29) is 16.8 Å². The standard InChI is InChI=1S/C31H20BrFN6OS/c32-19-12-16-22(17-13-19)36-38-29-30(40)39-28(18-10-14-20(33)15-11-18)25-26(34-31(39)41-29)23-8-4-5-9-24(23)27(25)37-35-21-6-2-1-3-7-21/h1-17,28,35-36H/b37-27+,38-29+. The number of hydrazone groups is 2. The van der Waals surface area contributed by atoms with Crippen LogP contribution in [0.5, 0.6) is 0 Å². The number of rotatable bonds is 5. The Morgan fingerprint density at radius 1 is 0.805 bits per heavy atom. The molecule has 1 aliphatic carbocycles. The normalized spacial score (nSPS) is 19.3. The van der Waals surface area contributed by atoms with Crippen molar-refractivity contribution >= 4 is 66.6 Å². The number of thioether (sulfide) groups is 1. The number of hydrogen-bond donors (Lipinski definition) is 2. The molecule has 7 rings (SSSR count). The van der Waals surface area contributed by atoms with Gasteiger partial charge in [-0.15, -0.1) is 0 Å². The lowest BCUT2D eigenvalue weighted by molar-refractivity contribution is -0.121. The lowest BCUT2D eigenvalue weighted by atomic mass is 9.93. The van der Waals surface area contributed by atoms with Gasteiger partial charge in [0.15, 0.2) is 10.2 Å². The van der Waals surface area contributed by atoms with E-state index >= 15 is 0 Å². The fourth-order valence-corrected chi connectivity index (χ4v) is 6.14. The van der Waals surface area contributed by atoms with Crippen LogP contribution in [0.4, 0.5) is 15.8 Å². The first-order chi connectivity index (χ1) is 20.1. The number of amides is 1. The third-order valence-corrected chi connectivity index (χ3v) is 8.33. The number of benzene rings is 4. The topological polar surface area (TPSA) is 81.5 Å². The van der Waals surface area contributed by atoms with Gasteiger partial charge in [-0.3, -0.25) is 20.5 Å². The van der Waals surface area contributed by atoms with Gasteiger partial charge in [0.25, 0.3) is 5.91 Å². The van der Waals surface area contributed by atoms with Crippen molar-refractivity contribution in [2.24, 2.45) is 15.2 Å². The fraction of sp³-hybridized carbons (Fsp3) is 0.0323. The molecular formula is C31H20BrFN6OS. The van der Waals surface area contributed by atoms with Crippen LogP contribution in [-0.4, -0.2) is 26.7 Å². The minimum absolute atomic E-state index is 0.258. The molecule has 0 radical (unpaired) electrons. The fourth-order valence-electron chi connectivity index (χ4n) is 5.00. The first-order valence-corrected chi connectivity index (χ1v) is 14.4. The maximum Gasteiger partial charge on any atom is 0.288 e. The van der Waals surface area contributed by atoms with Crippen molar-refractivity contribution in [3.05, 3.63) is 136 Å². The van der Waals surface area contributed by atoms with Gasteiger partial charge in [0.1, 0.15) is 5.82 Å². The summed E-state index contributed by atoms with van der Waals surface area (Å²) in [6.45, 7) is 0. The van der Waals surface area contributed by atoms with Gasteiger partial charge in [-0.25, -0.2) is 9.38 Å². The number of aliphatic imine (C=N–C) groups is 1. The molecule has 1 saturated heterocycles. The van der Waals surface area contributed by atoms with Crippen LogP contribution in [0.15, 0.2) is 128 Å². The zero-order valence-electron chi connectivity index (χ0n) is 21.3. The molecule has 0 spiro atoms. The molecule has 7 nitrogen and oxygen atoms in total. The first-order valence-electron chi connectivity index (χ1n) is 12.7. The largest absolute Gasteiger partial charge is 0.288 e. The summed E-state index contributed by atoms with van der Waals surface area (Å²) in [6, 6.07) is 30.7. The van der Waals surface area contributed by atoms with E-state index in [2.05, 4.69) is 31.9 Å².